The van der Waals surface area contributed by atoms with E-state index in [-0.39, 0.29) is 29.9 Å². The third-order valence-corrected chi connectivity index (χ3v) is 4.20. The number of ether oxygens (including phenoxy) is 1. The first-order valence-electron chi connectivity index (χ1n) is 9.11. The van der Waals surface area contributed by atoms with Crippen molar-refractivity contribution in [2.45, 2.75) is 19.9 Å². The van der Waals surface area contributed by atoms with Crippen molar-refractivity contribution in [3.05, 3.63) is 65.2 Å². The summed E-state index contributed by atoms with van der Waals surface area (Å²) in [5, 5.41) is 9.39. The number of carbonyl (C=O) groups excluding carboxylic acids is 1. The number of aliphatic imine (C=N–C) groups is 1. The van der Waals surface area contributed by atoms with E-state index in [9.17, 15) is 4.79 Å². The van der Waals surface area contributed by atoms with Crippen molar-refractivity contribution in [2.75, 3.05) is 27.2 Å². The molecular formula is C21H29IN4O2. The van der Waals surface area contributed by atoms with Gasteiger partial charge in [-0.2, -0.15) is 0 Å². The largest absolute Gasteiger partial charge is 0.497 e. The first-order chi connectivity index (χ1) is 13.2. The van der Waals surface area contributed by atoms with Gasteiger partial charge in [0, 0.05) is 32.2 Å². The molecule has 7 heteroatoms. The summed E-state index contributed by atoms with van der Waals surface area (Å²) >= 11 is 0. The third kappa shape index (κ3) is 7.38. The van der Waals surface area contributed by atoms with E-state index in [0.29, 0.717) is 36.9 Å². The van der Waals surface area contributed by atoms with Crippen LogP contribution in [-0.4, -0.2) is 39.1 Å². The van der Waals surface area contributed by atoms with Crippen LogP contribution in [0.4, 0.5) is 0 Å². The van der Waals surface area contributed by atoms with E-state index < -0.39 is 0 Å². The van der Waals surface area contributed by atoms with Gasteiger partial charge >= 0.3 is 0 Å². The van der Waals surface area contributed by atoms with Crippen molar-refractivity contribution in [3.8, 4) is 5.75 Å². The lowest BCUT2D eigenvalue weighted by molar-refractivity contribution is 0.0954. The Balaban J connectivity index is 0.00000392. The molecule has 152 valence electrons. The molecule has 0 spiro atoms. The summed E-state index contributed by atoms with van der Waals surface area (Å²) in [6.45, 7) is 3.92. The highest BCUT2D eigenvalue weighted by Gasteiger charge is 2.06. The van der Waals surface area contributed by atoms with E-state index in [1.807, 2.05) is 12.1 Å². The minimum atomic E-state index is -0.129. The van der Waals surface area contributed by atoms with E-state index >= 15 is 0 Å². The van der Waals surface area contributed by atoms with Gasteiger partial charge in [-0.05, 0) is 35.7 Å². The average Bonchev–Trinajstić information content (AvgIpc) is 2.73. The van der Waals surface area contributed by atoms with Crippen molar-refractivity contribution in [1.82, 2.24) is 16.0 Å². The zero-order valence-electron chi connectivity index (χ0n) is 16.6. The molecule has 28 heavy (non-hydrogen) atoms. The number of hydrogen-bond acceptors (Lipinski definition) is 3. The summed E-state index contributed by atoms with van der Waals surface area (Å²) in [6.07, 6.45) is 1.00. The van der Waals surface area contributed by atoms with E-state index in [4.69, 9.17) is 4.74 Å². The average molecular weight is 496 g/mol. The molecule has 2 rings (SSSR count). The smallest absolute Gasteiger partial charge is 0.251 e. The van der Waals surface area contributed by atoms with Crippen LogP contribution in [0.2, 0.25) is 0 Å². The maximum atomic E-state index is 12.2. The molecule has 0 saturated carbocycles. The lowest BCUT2D eigenvalue weighted by Crippen LogP contribution is -2.41. The molecule has 0 aliphatic heterocycles. The van der Waals surface area contributed by atoms with Crippen LogP contribution in [0.5, 0.6) is 5.75 Å². The Morgan fingerprint density at radius 1 is 1.00 bits per heavy atom. The molecule has 0 radical (unpaired) electrons. The third-order valence-electron chi connectivity index (χ3n) is 4.20. The van der Waals surface area contributed by atoms with Crippen LogP contribution in [-0.2, 0) is 13.0 Å². The first kappa shape index (κ1) is 23.7. The van der Waals surface area contributed by atoms with Crippen molar-refractivity contribution in [1.29, 1.82) is 0 Å². The standard InChI is InChI=1S/C21H28N4O2.HI/c1-4-16-8-5-6-9-18(16)15-25-21(22-2)24-13-12-23-20(26)17-10-7-11-19(14-17)27-3;/h5-11,14H,4,12-13,15H2,1-3H3,(H,23,26)(H2,22,24,25);1H. The van der Waals surface area contributed by atoms with Gasteiger partial charge in [0.25, 0.3) is 5.91 Å². The zero-order valence-corrected chi connectivity index (χ0v) is 18.9. The lowest BCUT2D eigenvalue weighted by atomic mass is 10.1. The van der Waals surface area contributed by atoms with Crippen molar-refractivity contribution < 1.29 is 9.53 Å². The second kappa shape index (κ2) is 13.0. The van der Waals surface area contributed by atoms with Gasteiger partial charge in [0.15, 0.2) is 5.96 Å². The van der Waals surface area contributed by atoms with Gasteiger partial charge in [0.2, 0.25) is 0 Å². The van der Waals surface area contributed by atoms with E-state index in [0.717, 1.165) is 6.42 Å². The Kier molecular flexibility index (Phi) is 11.0. The SMILES string of the molecule is CCc1ccccc1CNC(=NC)NCCNC(=O)c1cccc(OC)c1.I. The second-order valence-corrected chi connectivity index (χ2v) is 5.96. The summed E-state index contributed by atoms with van der Waals surface area (Å²) < 4.78 is 5.14. The number of nitrogens with one attached hydrogen (secondary N) is 3. The summed E-state index contributed by atoms with van der Waals surface area (Å²) in [7, 11) is 3.31. The van der Waals surface area contributed by atoms with Crippen LogP contribution in [0.1, 0.15) is 28.4 Å². The van der Waals surface area contributed by atoms with E-state index in [1.54, 1.807) is 32.4 Å². The quantitative estimate of drug-likeness (QED) is 0.228. The normalized spacial score (nSPS) is 10.6. The monoisotopic (exact) mass is 496 g/mol. The summed E-state index contributed by atoms with van der Waals surface area (Å²) in [5.41, 5.74) is 3.16. The van der Waals surface area contributed by atoms with Gasteiger partial charge in [0.1, 0.15) is 5.75 Å². The summed E-state index contributed by atoms with van der Waals surface area (Å²) in [6, 6.07) is 15.4. The topological polar surface area (TPSA) is 74.8 Å². The van der Waals surface area contributed by atoms with Gasteiger partial charge in [0.05, 0.1) is 7.11 Å². The lowest BCUT2D eigenvalue weighted by Gasteiger charge is -2.14. The second-order valence-electron chi connectivity index (χ2n) is 5.96. The first-order valence-corrected chi connectivity index (χ1v) is 9.11. The molecule has 0 aliphatic rings. The predicted molar refractivity (Wildman–Crippen MR) is 125 cm³/mol. The predicted octanol–water partition coefficient (Wildman–Crippen LogP) is 2.97. The molecule has 0 bridgehead atoms. The Labute approximate surface area is 184 Å². The highest BCUT2D eigenvalue weighted by Crippen LogP contribution is 2.12. The fourth-order valence-corrected chi connectivity index (χ4v) is 2.70. The number of halogens is 1. The summed E-state index contributed by atoms with van der Waals surface area (Å²) in [4.78, 5) is 16.4. The van der Waals surface area contributed by atoms with E-state index in [1.165, 1.54) is 11.1 Å². The molecule has 2 aromatic rings. The molecular weight excluding hydrogens is 467 g/mol. The van der Waals surface area contributed by atoms with Gasteiger partial charge in [-0.3, -0.25) is 9.79 Å². The van der Waals surface area contributed by atoms with E-state index in [2.05, 4.69) is 46.1 Å². The molecule has 6 nitrogen and oxygen atoms in total. The number of hydrogen-bond donors (Lipinski definition) is 3. The number of guanidine groups is 1. The molecule has 0 aliphatic carbocycles. The number of methoxy groups -OCH3 is 1. The van der Waals surface area contributed by atoms with Gasteiger partial charge in [-0.25, -0.2) is 0 Å². The number of rotatable bonds is 8. The Hall–Kier alpha value is -2.29. The Morgan fingerprint density at radius 2 is 1.71 bits per heavy atom. The number of carbonyl (C=O) groups is 1. The number of amides is 1. The van der Waals surface area contributed by atoms with Crippen LogP contribution < -0.4 is 20.7 Å². The van der Waals surface area contributed by atoms with Crippen LogP contribution in [0.3, 0.4) is 0 Å². The van der Waals surface area contributed by atoms with Gasteiger partial charge in [-0.1, -0.05) is 37.3 Å². The van der Waals surface area contributed by atoms with Gasteiger partial charge < -0.3 is 20.7 Å². The molecule has 0 saturated heterocycles. The molecule has 3 N–H and O–H groups in total. The van der Waals surface area contributed by atoms with Crippen LogP contribution in [0.15, 0.2) is 53.5 Å². The number of benzene rings is 2. The van der Waals surface area contributed by atoms with Crippen LogP contribution in [0.25, 0.3) is 0 Å². The molecule has 0 unspecified atom stereocenters. The van der Waals surface area contributed by atoms with Crippen molar-refractivity contribution >= 4 is 35.8 Å². The fourth-order valence-electron chi connectivity index (χ4n) is 2.70. The van der Waals surface area contributed by atoms with Gasteiger partial charge in [-0.15, -0.1) is 24.0 Å². The van der Waals surface area contributed by atoms with Crippen molar-refractivity contribution in [3.63, 3.8) is 0 Å². The number of nitrogens with zero attached hydrogens (tertiary/aromatic N) is 1. The molecule has 1 amide bonds. The number of aryl methyl sites for hydroxylation is 1. The maximum absolute atomic E-state index is 12.2. The Morgan fingerprint density at radius 3 is 2.39 bits per heavy atom. The molecule has 0 heterocycles. The van der Waals surface area contributed by atoms with Crippen LogP contribution >= 0.6 is 24.0 Å². The molecule has 0 fully saturated rings. The molecule has 2 aromatic carbocycles. The van der Waals surface area contributed by atoms with Crippen LogP contribution in [0, 0.1) is 0 Å². The minimum absolute atomic E-state index is 0. The minimum Gasteiger partial charge on any atom is -0.497 e. The highest BCUT2D eigenvalue weighted by molar-refractivity contribution is 14.0. The zero-order chi connectivity index (χ0) is 19.5. The molecule has 0 aromatic heterocycles. The fraction of sp³-hybridized carbons (Fsp3) is 0.333. The Bertz CT molecular complexity index is 781. The molecule has 0 atom stereocenters. The highest BCUT2D eigenvalue weighted by atomic mass is 127. The summed E-state index contributed by atoms with van der Waals surface area (Å²) in [5.74, 6) is 1.24. The maximum Gasteiger partial charge on any atom is 0.251 e. The van der Waals surface area contributed by atoms with Crippen molar-refractivity contribution in [2.24, 2.45) is 4.99 Å².